The Balaban J connectivity index is 1.91. The summed E-state index contributed by atoms with van der Waals surface area (Å²) in [6, 6.07) is 3.60. The Kier molecular flexibility index (Phi) is 2.76. The van der Waals surface area contributed by atoms with Gasteiger partial charge in [-0.25, -0.2) is 4.63 Å². The molecule has 0 aliphatic carbocycles. The molecule has 0 radical (unpaired) electrons. The minimum atomic E-state index is -0.559. The molecule has 0 amide bonds. The molecule has 2 aromatic rings. The van der Waals surface area contributed by atoms with E-state index in [0.717, 1.165) is 22.0 Å². The summed E-state index contributed by atoms with van der Waals surface area (Å²) in [6.07, 6.45) is 6.95. The zero-order chi connectivity index (χ0) is 16.2. The Bertz CT molecular complexity index is 879. The van der Waals surface area contributed by atoms with Gasteiger partial charge in [0.05, 0.1) is 5.70 Å². The van der Waals surface area contributed by atoms with Crippen LogP contribution >= 0.6 is 0 Å². The predicted octanol–water partition coefficient (Wildman–Crippen LogP) is 3.18. The number of rotatable bonds is 1. The number of aromatic nitrogens is 2. The molecule has 0 bridgehead atoms. The summed E-state index contributed by atoms with van der Waals surface area (Å²) in [5, 5.41) is 22.3. The molecular formula is C16H15N4O3-. The van der Waals surface area contributed by atoms with Crippen LogP contribution in [0.5, 0.6) is 5.75 Å². The number of fused-ring (bicyclic) bond motifs is 2. The molecule has 2 aliphatic heterocycles. The van der Waals surface area contributed by atoms with Crippen LogP contribution in [0, 0.1) is 5.21 Å². The first kappa shape index (κ1) is 13.8. The third-order valence-corrected chi connectivity index (χ3v) is 3.74. The fourth-order valence-electron chi connectivity index (χ4n) is 2.73. The van der Waals surface area contributed by atoms with Gasteiger partial charge in [-0.05, 0) is 54.9 Å². The highest BCUT2D eigenvalue weighted by Crippen LogP contribution is 2.40. The number of hydrazine groups is 1. The molecule has 3 heterocycles. The van der Waals surface area contributed by atoms with Gasteiger partial charge in [-0.15, -0.1) is 0 Å². The second-order valence-corrected chi connectivity index (χ2v) is 6.17. The van der Waals surface area contributed by atoms with E-state index in [1.165, 1.54) is 6.20 Å². The summed E-state index contributed by atoms with van der Waals surface area (Å²) in [7, 11) is 0. The third-order valence-electron chi connectivity index (χ3n) is 3.74. The minimum absolute atomic E-state index is 0.559. The molecule has 0 fully saturated rings. The number of ether oxygens (including phenoxy) is 1. The molecule has 118 valence electrons. The van der Waals surface area contributed by atoms with E-state index < -0.39 is 5.60 Å². The fourth-order valence-corrected chi connectivity index (χ4v) is 2.73. The summed E-state index contributed by atoms with van der Waals surface area (Å²) in [6.45, 7) is 5.81. The van der Waals surface area contributed by atoms with Crippen LogP contribution in [0.3, 0.4) is 0 Å². The highest BCUT2D eigenvalue weighted by Gasteiger charge is 2.30. The molecule has 7 heteroatoms. The van der Waals surface area contributed by atoms with E-state index in [0.29, 0.717) is 16.8 Å². The lowest BCUT2D eigenvalue weighted by Gasteiger charge is -2.44. The summed E-state index contributed by atoms with van der Waals surface area (Å²) < 4.78 is 10.8. The standard InChI is InChI=1S/C16H15N4O3/c1-10-4-5-20(21)19(9-10)14-8-16(2,3)22-15-7-13-12(6-11(14)15)17-23-18-13/h4-9H,1-3H3/q-1. The number of nitrogens with zero attached hydrogens (tertiary/aromatic N) is 4. The maximum absolute atomic E-state index is 12.3. The molecule has 0 saturated carbocycles. The van der Waals surface area contributed by atoms with E-state index in [1.807, 2.05) is 32.9 Å². The van der Waals surface area contributed by atoms with Crippen LogP contribution in [0.1, 0.15) is 26.3 Å². The Morgan fingerprint density at radius 3 is 2.70 bits per heavy atom. The van der Waals surface area contributed by atoms with Gasteiger partial charge >= 0.3 is 0 Å². The van der Waals surface area contributed by atoms with Gasteiger partial charge in [-0.3, -0.25) is 5.01 Å². The van der Waals surface area contributed by atoms with Crippen molar-refractivity contribution in [2.45, 2.75) is 26.4 Å². The fraction of sp³-hybridized carbons (Fsp3) is 0.250. The van der Waals surface area contributed by atoms with Crippen molar-refractivity contribution in [3.8, 4) is 5.75 Å². The molecule has 0 atom stereocenters. The molecule has 7 nitrogen and oxygen atoms in total. The zero-order valence-corrected chi connectivity index (χ0v) is 13.0. The van der Waals surface area contributed by atoms with Crippen molar-refractivity contribution in [3.63, 3.8) is 0 Å². The van der Waals surface area contributed by atoms with Crippen molar-refractivity contribution in [2.75, 3.05) is 0 Å². The van der Waals surface area contributed by atoms with Gasteiger partial charge in [0.25, 0.3) is 0 Å². The van der Waals surface area contributed by atoms with Crippen molar-refractivity contribution < 1.29 is 9.37 Å². The van der Waals surface area contributed by atoms with Gasteiger partial charge in [-0.2, -0.15) is 0 Å². The molecule has 0 saturated heterocycles. The van der Waals surface area contributed by atoms with Crippen LogP contribution in [0.25, 0.3) is 16.7 Å². The van der Waals surface area contributed by atoms with Crippen LogP contribution in [-0.2, 0) is 0 Å². The zero-order valence-electron chi connectivity index (χ0n) is 13.0. The molecular weight excluding hydrogens is 296 g/mol. The monoisotopic (exact) mass is 311 g/mol. The molecule has 1 aromatic carbocycles. The first-order valence-electron chi connectivity index (χ1n) is 7.24. The van der Waals surface area contributed by atoms with Gasteiger partial charge < -0.3 is 15.1 Å². The lowest BCUT2D eigenvalue weighted by Crippen LogP contribution is -2.36. The number of hydroxylamine groups is 1. The van der Waals surface area contributed by atoms with Crippen molar-refractivity contribution in [3.05, 3.63) is 53.0 Å². The average Bonchev–Trinajstić information content (AvgIpc) is 2.93. The van der Waals surface area contributed by atoms with Crippen molar-refractivity contribution in [1.29, 1.82) is 0 Å². The van der Waals surface area contributed by atoms with E-state index in [4.69, 9.17) is 9.37 Å². The molecule has 2 aliphatic rings. The Morgan fingerprint density at radius 2 is 1.91 bits per heavy atom. The second-order valence-electron chi connectivity index (χ2n) is 6.17. The van der Waals surface area contributed by atoms with Crippen molar-refractivity contribution >= 4 is 16.7 Å². The van der Waals surface area contributed by atoms with Gasteiger partial charge in [0.1, 0.15) is 22.4 Å². The molecule has 0 N–H and O–H groups in total. The van der Waals surface area contributed by atoms with Crippen LogP contribution in [-0.4, -0.2) is 26.1 Å². The molecule has 0 unspecified atom stereocenters. The van der Waals surface area contributed by atoms with Crippen LogP contribution in [0.15, 0.2) is 46.9 Å². The SMILES string of the molecule is CC1=CN(C2=CC(C)(C)Oc3cc4nonc4cc32)N([O-])C=C1. The number of hydrogen-bond acceptors (Lipinski definition) is 7. The lowest BCUT2D eigenvalue weighted by molar-refractivity contribution is 0.146. The molecule has 0 spiro atoms. The quantitative estimate of drug-likeness (QED) is 0.800. The maximum Gasteiger partial charge on any atom is 0.138 e. The largest absolute Gasteiger partial charge is 0.739 e. The first-order valence-corrected chi connectivity index (χ1v) is 7.24. The number of hydrogen-bond donors (Lipinski definition) is 0. The summed E-state index contributed by atoms with van der Waals surface area (Å²) in [5.74, 6) is 0.643. The van der Waals surface area contributed by atoms with Gasteiger partial charge in [0, 0.05) is 24.0 Å². The predicted molar refractivity (Wildman–Crippen MR) is 84.4 cm³/mol. The van der Waals surface area contributed by atoms with Gasteiger partial charge in [-0.1, -0.05) is 0 Å². The summed E-state index contributed by atoms with van der Waals surface area (Å²) in [4.78, 5) is 0. The highest BCUT2D eigenvalue weighted by atomic mass is 16.6. The summed E-state index contributed by atoms with van der Waals surface area (Å²) >= 11 is 0. The average molecular weight is 311 g/mol. The number of allylic oxidation sites excluding steroid dienone is 2. The Morgan fingerprint density at radius 1 is 1.17 bits per heavy atom. The van der Waals surface area contributed by atoms with Gasteiger partial charge in [0.15, 0.2) is 0 Å². The number of benzene rings is 1. The molecule has 23 heavy (non-hydrogen) atoms. The third kappa shape index (κ3) is 2.25. The van der Waals surface area contributed by atoms with Gasteiger partial charge in [0.2, 0.25) is 0 Å². The van der Waals surface area contributed by atoms with E-state index in [2.05, 4.69) is 10.3 Å². The lowest BCUT2D eigenvalue weighted by atomic mass is 9.98. The maximum atomic E-state index is 12.3. The topological polar surface area (TPSA) is 77.7 Å². The van der Waals surface area contributed by atoms with E-state index >= 15 is 0 Å². The summed E-state index contributed by atoms with van der Waals surface area (Å²) in [5.41, 5.74) is 3.16. The highest BCUT2D eigenvalue weighted by molar-refractivity contribution is 5.84. The van der Waals surface area contributed by atoms with Crippen LogP contribution < -0.4 is 4.74 Å². The van der Waals surface area contributed by atoms with Crippen LogP contribution in [0.2, 0.25) is 0 Å². The van der Waals surface area contributed by atoms with Crippen molar-refractivity contribution in [2.24, 2.45) is 0 Å². The van der Waals surface area contributed by atoms with E-state index in [1.54, 1.807) is 23.4 Å². The van der Waals surface area contributed by atoms with E-state index in [9.17, 15) is 5.21 Å². The Labute approximate surface area is 132 Å². The Hall–Kier alpha value is -2.80. The van der Waals surface area contributed by atoms with Crippen LogP contribution in [0.4, 0.5) is 0 Å². The molecule has 1 aromatic heterocycles. The first-order chi connectivity index (χ1) is 10.9. The molecule has 4 rings (SSSR count). The second kappa shape index (κ2) is 4.60. The van der Waals surface area contributed by atoms with E-state index in [-0.39, 0.29) is 0 Å². The normalized spacial score (nSPS) is 19.3. The minimum Gasteiger partial charge on any atom is -0.739 e. The van der Waals surface area contributed by atoms with Crippen molar-refractivity contribution in [1.82, 2.24) is 20.5 Å². The smallest absolute Gasteiger partial charge is 0.138 e.